The van der Waals surface area contributed by atoms with Crippen LogP contribution in [0.3, 0.4) is 0 Å². The maximum atomic E-state index is 4.88. The van der Waals surface area contributed by atoms with E-state index in [0.717, 1.165) is 12.5 Å². The van der Waals surface area contributed by atoms with Gasteiger partial charge in [0.1, 0.15) is 5.01 Å². The number of hydrogen-bond acceptors (Lipinski definition) is 4. The average Bonchev–Trinajstić information content (AvgIpc) is 2.91. The van der Waals surface area contributed by atoms with E-state index in [1.165, 1.54) is 34.0 Å². The van der Waals surface area contributed by atoms with E-state index in [2.05, 4.69) is 36.0 Å². The Morgan fingerprint density at radius 1 is 1.44 bits per heavy atom. The summed E-state index contributed by atoms with van der Waals surface area (Å²) in [5.41, 5.74) is 2.64. The highest BCUT2D eigenvalue weighted by Gasteiger charge is 2.29. The molecule has 0 unspecified atom stereocenters. The van der Waals surface area contributed by atoms with Gasteiger partial charge in [-0.3, -0.25) is 0 Å². The van der Waals surface area contributed by atoms with Crippen molar-refractivity contribution in [1.82, 2.24) is 10.3 Å². The zero-order chi connectivity index (χ0) is 12.5. The predicted molar refractivity (Wildman–Crippen MR) is 79.4 cm³/mol. The molecule has 0 spiro atoms. The van der Waals surface area contributed by atoms with Crippen LogP contribution >= 0.6 is 22.7 Å². The lowest BCUT2D eigenvalue weighted by Crippen LogP contribution is -2.21. The molecule has 1 saturated carbocycles. The maximum absolute atomic E-state index is 4.88. The second-order valence-corrected chi connectivity index (χ2v) is 7.01. The summed E-state index contributed by atoms with van der Waals surface area (Å²) in [6.07, 6.45) is 2.64. The molecule has 2 aromatic heterocycles. The number of aromatic nitrogens is 1. The van der Waals surface area contributed by atoms with Crippen molar-refractivity contribution in [2.24, 2.45) is 0 Å². The number of nitrogens with zero attached hydrogens (tertiary/aromatic N) is 1. The van der Waals surface area contributed by atoms with Crippen molar-refractivity contribution >= 4 is 22.7 Å². The van der Waals surface area contributed by atoms with Gasteiger partial charge in [0.05, 0.1) is 5.69 Å². The third-order valence-electron chi connectivity index (χ3n) is 3.13. The number of thiophene rings is 1. The van der Waals surface area contributed by atoms with Crippen molar-refractivity contribution in [3.8, 4) is 10.6 Å². The van der Waals surface area contributed by atoms with E-state index in [-0.39, 0.29) is 0 Å². The molecule has 4 heteroatoms. The van der Waals surface area contributed by atoms with E-state index >= 15 is 0 Å². The van der Waals surface area contributed by atoms with Crippen LogP contribution in [-0.2, 0) is 6.54 Å². The van der Waals surface area contributed by atoms with Crippen LogP contribution in [0.1, 0.15) is 43.2 Å². The normalized spacial score (nSPS) is 15.5. The summed E-state index contributed by atoms with van der Waals surface area (Å²) < 4.78 is 0. The van der Waals surface area contributed by atoms with Crippen LogP contribution < -0.4 is 5.32 Å². The first-order valence-electron chi connectivity index (χ1n) is 6.49. The van der Waals surface area contributed by atoms with Crippen LogP contribution in [0, 0.1) is 0 Å². The SMILES string of the molecule is CC(C)NCc1sc(-c2ccsc2)nc1C1CC1. The van der Waals surface area contributed by atoms with Crippen molar-refractivity contribution in [3.05, 3.63) is 27.4 Å². The summed E-state index contributed by atoms with van der Waals surface area (Å²) in [7, 11) is 0. The van der Waals surface area contributed by atoms with Crippen LogP contribution in [0.2, 0.25) is 0 Å². The van der Waals surface area contributed by atoms with Crippen molar-refractivity contribution < 1.29 is 0 Å². The Labute approximate surface area is 116 Å². The fraction of sp³-hybridized carbons (Fsp3) is 0.500. The molecule has 0 saturated heterocycles. The second-order valence-electron chi connectivity index (χ2n) is 5.15. The largest absolute Gasteiger partial charge is 0.310 e. The summed E-state index contributed by atoms with van der Waals surface area (Å²) in [5, 5.41) is 9.02. The number of hydrogen-bond donors (Lipinski definition) is 1. The van der Waals surface area contributed by atoms with Gasteiger partial charge in [0.15, 0.2) is 0 Å². The molecule has 0 radical (unpaired) electrons. The van der Waals surface area contributed by atoms with Crippen molar-refractivity contribution in [2.75, 3.05) is 0 Å². The van der Waals surface area contributed by atoms with Gasteiger partial charge in [0.2, 0.25) is 0 Å². The minimum atomic E-state index is 0.531. The van der Waals surface area contributed by atoms with Gasteiger partial charge in [0, 0.05) is 34.3 Å². The lowest BCUT2D eigenvalue weighted by atomic mass is 10.2. The van der Waals surface area contributed by atoms with E-state index in [1.807, 2.05) is 11.3 Å². The quantitative estimate of drug-likeness (QED) is 0.884. The Kier molecular flexibility index (Phi) is 3.50. The van der Waals surface area contributed by atoms with Gasteiger partial charge in [0.25, 0.3) is 0 Å². The Morgan fingerprint density at radius 3 is 2.89 bits per heavy atom. The van der Waals surface area contributed by atoms with E-state index in [1.54, 1.807) is 11.3 Å². The Hall–Kier alpha value is -0.710. The second kappa shape index (κ2) is 5.11. The highest BCUT2D eigenvalue weighted by Crippen LogP contribution is 2.44. The highest BCUT2D eigenvalue weighted by atomic mass is 32.1. The molecule has 2 heterocycles. The number of nitrogens with one attached hydrogen (secondary N) is 1. The summed E-state index contributed by atoms with van der Waals surface area (Å²) in [6.45, 7) is 5.35. The van der Waals surface area contributed by atoms with E-state index in [9.17, 15) is 0 Å². The van der Waals surface area contributed by atoms with Gasteiger partial charge in [-0.1, -0.05) is 13.8 Å². The van der Waals surface area contributed by atoms with Gasteiger partial charge in [-0.2, -0.15) is 11.3 Å². The molecule has 0 amide bonds. The van der Waals surface area contributed by atoms with Gasteiger partial charge in [-0.15, -0.1) is 11.3 Å². The molecule has 2 nitrogen and oxygen atoms in total. The van der Waals surface area contributed by atoms with Gasteiger partial charge >= 0.3 is 0 Å². The molecule has 0 aliphatic heterocycles. The van der Waals surface area contributed by atoms with Crippen LogP contribution in [0.5, 0.6) is 0 Å². The molecule has 3 rings (SSSR count). The van der Waals surface area contributed by atoms with Crippen LogP contribution in [-0.4, -0.2) is 11.0 Å². The van der Waals surface area contributed by atoms with Crippen LogP contribution in [0.4, 0.5) is 0 Å². The van der Waals surface area contributed by atoms with Crippen molar-refractivity contribution in [2.45, 2.75) is 45.2 Å². The molecular formula is C14H18N2S2. The standard InChI is InChI=1S/C14H18N2S2/c1-9(2)15-7-12-13(10-3-4-10)16-14(18-12)11-5-6-17-8-11/h5-6,8-10,15H,3-4,7H2,1-2H3. The smallest absolute Gasteiger partial charge is 0.124 e. The molecule has 2 aromatic rings. The fourth-order valence-corrected chi connectivity index (χ4v) is 3.78. The van der Waals surface area contributed by atoms with Gasteiger partial charge < -0.3 is 5.32 Å². The molecule has 0 atom stereocenters. The minimum absolute atomic E-state index is 0.531. The summed E-state index contributed by atoms with van der Waals surface area (Å²) in [6, 6.07) is 2.70. The first-order chi connectivity index (χ1) is 8.74. The molecule has 1 aliphatic rings. The maximum Gasteiger partial charge on any atom is 0.124 e. The van der Waals surface area contributed by atoms with E-state index in [0.29, 0.717) is 6.04 Å². The van der Waals surface area contributed by atoms with E-state index in [4.69, 9.17) is 4.98 Å². The Balaban J connectivity index is 1.86. The average molecular weight is 278 g/mol. The number of rotatable bonds is 5. The Bertz CT molecular complexity index is 510. The third-order valence-corrected chi connectivity index (χ3v) is 4.93. The molecule has 1 N–H and O–H groups in total. The zero-order valence-corrected chi connectivity index (χ0v) is 12.4. The van der Waals surface area contributed by atoms with Crippen LogP contribution in [0.15, 0.2) is 16.8 Å². The van der Waals surface area contributed by atoms with Crippen LogP contribution in [0.25, 0.3) is 10.6 Å². The van der Waals surface area contributed by atoms with Crippen molar-refractivity contribution in [1.29, 1.82) is 0 Å². The third kappa shape index (κ3) is 2.66. The molecular weight excluding hydrogens is 260 g/mol. The lowest BCUT2D eigenvalue weighted by Gasteiger charge is -2.06. The highest BCUT2D eigenvalue weighted by molar-refractivity contribution is 7.15. The van der Waals surface area contributed by atoms with E-state index < -0.39 is 0 Å². The summed E-state index contributed by atoms with van der Waals surface area (Å²) in [5.74, 6) is 0.734. The first kappa shape index (κ1) is 12.3. The zero-order valence-electron chi connectivity index (χ0n) is 10.8. The number of thiazole rings is 1. The monoisotopic (exact) mass is 278 g/mol. The van der Waals surface area contributed by atoms with Crippen molar-refractivity contribution in [3.63, 3.8) is 0 Å². The minimum Gasteiger partial charge on any atom is -0.310 e. The summed E-state index contributed by atoms with van der Waals surface area (Å²) in [4.78, 5) is 6.32. The predicted octanol–water partition coefficient (Wildman–Crippen LogP) is 4.25. The topological polar surface area (TPSA) is 24.9 Å². The molecule has 96 valence electrons. The van der Waals surface area contributed by atoms with Gasteiger partial charge in [-0.05, 0) is 24.3 Å². The first-order valence-corrected chi connectivity index (χ1v) is 8.25. The summed E-state index contributed by atoms with van der Waals surface area (Å²) >= 11 is 3.60. The molecule has 0 bridgehead atoms. The van der Waals surface area contributed by atoms with Gasteiger partial charge in [-0.25, -0.2) is 4.98 Å². The Morgan fingerprint density at radius 2 is 2.28 bits per heavy atom. The molecule has 18 heavy (non-hydrogen) atoms. The molecule has 1 aliphatic carbocycles. The molecule has 0 aromatic carbocycles. The lowest BCUT2D eigenvalue weighted by molar-refractivity contribution is 0.590. The fourth-order valence-electron chi connectivity index (χ4n) is 1.97. The molecule has 1 fully saturated rings.